The van der Waals surface area contributed by atoms with Crippen LogP contribution in [-0.2, 0) is 7.05 Å². The standard InChI is InChI=1S/C13H23N5S/c1-5-13(6-2)7-14-12(19-8-13)16-10(3)11-17-15-9-18(11)4/h9-10H,5-8H2,1-4H3,(H,14,16). The number of amidine groups is 1. The molecule has 2 heterocycles. The van der Waals surface area contributed by atoms with Gasteiger partial charge in [0, 0.05) is 19.3 Å². The van der Waals surface area contributed by atoms with Gasteiger partial charge in [0.15, 0.2) is 11.0 Å². The number of nitrogens with zero attached hydrogens (tertiary/aromatic N) is 4. The van der Waals surface area contributed by atoms with E-state index in [0.29, 0.717) is 5.41 Å². The van der Waals surface area contributed by atoms with Crippen molar-refractivity contribution in [3.63, 3.8) is 0 Å². The first kappa shape index (κ1) is 14.4. The lowest BCUT2D eigenvalue weighted by Crippen LogP contribution is -2.36. The number of hydrogen-bond acceptors (Lipinski definition) is 5. The number of nitrogens with one attached hydrogen (secondary N) is 1. The summed E-state index contributed by atoms with van der Waals surface area (Å²) in [7, 11) is 1.96. The maximum Gasteiger partial charge on any atom is 0.157 e. The summed E-state index contributed by atoms with van der Waals surface area (Å²) in [6.45, 7) is 7.55. The SMILES string of the molecule is CCC1(CC)CN=C(NC(C)c2nncn2C)SC1. The zero-order valence-electron chi connectivity index (χ0n) is 12.2. The van der Waals surface area contributed by atoms with E-state index in [0.717, 1.165) is 23.3 Å². The van der Waals surface area contributed by atoms with Gasteiger partial charge in [0.05, 0.1) is 6.04 Å². The highest BCUT2D eigenvalue weighted by molar-refractivity contribution is 8.13. The second-order valence-electron chi connectivity index (χ2n) is 5.28. The van der Waals surface area contributed by atoms with Gasteiger partial charge in [0.2, 0.25) is 0 Å². The van der Waals surface area contributed by atoms with Crippen LogP contribution in [0.5, 0.6) is 0 Å². The molecule has 1 N–H and O–H groups in total. The van der Waals surface area contributed by atoms with E-state index in [2.05, 4.69) is 36.3 Å². The number of aryl methyl sites for hydroxylation is 1. The van der Waals surface area contributed by atoms with Gasteiger partial charge in [0.1, 0.15) is 6.33 Å². The van der Waals surface area contributed by atoms with Crippen molar-refractivity contribution in [2.24, 2.45) is 17.5 Å². The molecule has 1 unspecified atom stereocenters. The van der Waals surface area contributed by atoms with Gasteiger partial charge >= 0.3 is 0 Å². The normalized spacial score (nSPS) is 19.9. The monoisotopic (exact) mass is 281 g/mol. The Labute approximate surface area is 119 Å². The predicted molar refractivity (Wildman–Crippen MR) is 80.3 cm³/mol. The number of aromatic nitrogens is 3. The van der Waals surface area contributed by atoms with Crippen molar-refractivity contribution in [1.29, 1.82) is 0 Å². The third-order valence-corrected chi connectivity index (χ3v) is 5.32. The Hall–Kier alpha value is -1.04. The maximum absolute atomic E-state index is 4.72. The summed E-state index contributed by atoms with van der Waals surface area (Å²) in [5.41, 5.74) is 0.393. The molecular weight excluding hydrogens is 258 g/mol. The summed E-state index contributed by atoms with van der Waals surface area (Å²) < 4.78 is 1.94. The first-order chi connectivity index (χ1) is 9.10. The smallest absolute Gasteiger partial charge is 0.157 e. The van der Waals surface area contributed by atoms with E-state index >= 15 is 0 Å². The third-order valence-electron chi connectivity index (χ3n) is 4.05. The van der Waals surface area contributed by atoms with Crippen molar-refractivity contribution in [2.75, 3.05) is 12.3 Å². The lowest BCUT2D eigenvalue weighted by Gasteiger charge is -2.34. The molecule has 2 rings (SSSR count). The molecule has 0 amide bonds. The minimum atomic E-state index is 0.134. The molecule has 1 aromatic rings. The number of rotatable bonds is 4. The van der Waals surface area contributed by atoms with Gasteiger partial charge in [-0.15, -0.1) is 10.2 Å². The second-order valence-corrected chi connectivity index (χ2v) is 6.25. The Morgan fingerprint density at radius 2 is 2.21 bits per heavy atom. The zero-order chi connectivity index (χ0) is 13.9. The molecule has 0 radical (unpaired) electrons. The molecule has 0 spiro atoms. The first-order valence-electron chi connectivity index (χ1n) is 6.88. The van der Waals surface area contributed by atoms with Crippen LogP contribution in [0, 0.1) is 5.41 Å². The fraction of sp³-hybridized carbons (Fsp3) is 0.769. The van der Waals surface area contributed by atoms with E-state index in [1.54, 1.807) is 6.33 Å². The van der Waals surface area contributed by atoms with Crippen LogP contribution >= 0.6 is 11.8 Å². The fourth-order valence-electron chi connectivity index (χ4n) is 2.25. The predicted octanol–water partition coefficient (Wildman–Crippen LogP) is 2.37. The summed E-state index contributed by atoms with van der Waals surface area (Å²) >= 11 is 1.83. The topological polar surface area (TPSA) is 55.1 Å². The van der Waals surface area contributed by atoms with Gasteiger partial charge in [-0.25, -0.2) is 0 Å². The van der Waals surface area contributed by atoms with Crippen LogP contribution in [0.15, 0.2) is 11.3 Å². The Morgan fingerprint density at radius 1 is 1.47 bits per heavy atom. The third kappa shape index (κ3) is 3.11. The zero-order valence-corrected chi connectivity index (χ0v) is 13.0. The lowest BCUT2D eigenvalue weighted by atomic mass is 9.84. The highest BCUT2D eigenvalue weighted by atomic mass is 32.2. The average Bonchev–Trinajstić information content (AvgIpc) is 2.86. The van der Waals surface area contributed by atoms with Crippen molar-refractivity contribution in [3.05, 3.63) is 12.2 Å². The first-order valence-corrected chi connectivity index (χ1v) is 7.86. The summed E-state index contributed by atoms with van der Waals surface area (Å²) in [5, 5.41) is 12.5. The van der Waals surface area contributed by atoms with E-state index in [-0.39, 0.29) is 6.04 Å². The second kappa shape index (κ2) is 5.94. The Morgan fingerprint density at radius 3 is 2.68 bits per heavy atom. The summed E-state index contributed by atoms with van der Waals surface area (Å²) in [4.78, 5) is 4.72. The summed E-state index contributed by atoms with van der Waals surface area (Å²) in [6.07, 6.45) is 4.13. The quantitative estimate of drug-likeness (QED) is 0.920. The molecule has 0 aliphatic carbocycles. The Kier molecular flexibility index (Phi) is 4.50. The highest BCUT2D eigenvalue weighted by Gasteiger charge is 2.30. The average molecular weight is 281 g/mol. The van der Waals surface area contributed by atoms with Crippen LogP contribution < -0.4 is 5.32 Å². The van der Waals surface area contributed by atoms with Crippen LogP contribution in [0.3, 0.4) is 0 Å². The number of thioether (sulfide) groups is 1. The molecule has 106 valence electrons. The molecule has 0 saturated heterocycles. The molecule has 1 aliphatic rings. The molecular formula is C13H23N5S. The molecule has 1 aromatic heterocycles. The van der Waals surface area contributed by atoms with Gasteiger partial charge in [-0.2, -0.15) is 0 Å². The van der Waals surface area contributed by atoms with Crippen LogP contribution in [0.2, 0.25) is 0 Å². The fourth-order valence-corrected chi connectivity index (χ4v) is 3.61. The van der Waals surface area contributed by atoms with Crippen molar-refractivity contribution >= 4 is 16.9 Å². The molecule has 0 saturated carbocycles. The lowest BCUT2D eigenvalue weighted by molar-refractivity contribution is 0.318. The maximum atomic E-state index is 4.72. The van der Waals surface area contributed by atoms with E-state index in [1.807, 2.05) is 23.4 Å². The van der Waals surface area contributed by atoms with Crippen molar-refractivity contribution in [3.8, 4) is 0 Å². The molecule has 0 fully saturated rings. The molecule has 0 aromatic carbocycles. The molecule has 19 heavy (non-hydrogen) atoms. The van der Waals surface area contributed by atoms with Crippen LogP contribution in [0.1, 0.15) is 45.5 Å². The van der Waals surface area contributed by atoms with Gasteiger partial charge < -0.3 is 9.88 Å². The van der Waals surface area contributed by atoms with Gasteiger partial charge in [-0.1, -0.05) is 25.6 Å². The van der Waals surface area contributed by atoms with E-state index in [4.69, 9.17) is 4.99 Å². The largest absolute Gasteiger partial charge is 0.355 e. The van der Waals surface area contributed by atoms with Crippen molar-refractivity contribution < 1.29 is 0 Å². The highest BCUT2D eigenvalue weighted by Crippen LogP contribution is 2.35. The number of aliphatic imine (C=N–C) groups is 1. The van der Waals surface area contributed by atoms with Gasteiger partial charge in [-0.05, 0) is 25.2 Å². The minimum absolute atomic E-state index is 0.134. The molecule has 5 nitrogen and oxygen atoms in total. The van der Waals surface area contributed by atoms with Crippen LogP contribution in [0.25, 0.3) is 0 Å². The van der Waals surface area contributed by atoms with E-state index in [1.165, 1.54) is 12.8 Å². The van der Waals surface area contributed by atoms with Crippen LogP contribution in [-0.4, -0.2) is 32.2 Å². The molecule has 1 atom stereocenters. The molecule has 1 aliphatic heterocycles. The minimum Gasteiger partial charge on any atom is -0.355 e. The Bertz CT molecular complexity index is 450. The van der Waals surface area contributed by atoms with E-state index < -0.39 is 0 Å². The Balaban J connectivity index is 1.98. The molecule has 0 bridgehead atoms. The van der Waals surface area contributed by atoms with Gasteiger partial charge in [0.25, 0.3) is 0 Å². The van der Waals surface area contributed by atoms with E-state index in [9.17, 15) is 0 Å². The number of hydrogen-bond donors (Lipinski definition) is 1. The van der Waals surface area contributed by atoms with Gasteiger partial charge in [-0.3, -0.25) is 4.99 Å². The van der Waals surface area contributed by atoms with Crippen LogP contribution in [0.4, 0.5) is 0 Å². The summed E-state index contributed by atoms with van der Waals surface area (Å²) in [5.74, 6) is 2.09. The summed E-state index contributed by atoms with van der Waals surface area (Å²) in [6, 6.07) is 0.134. The van der Waals surface area contributed by atoms with Crippen molar-refractivity contribution in [2.45, 2.75) is 39.7 Å². The van der Waals surface area contributed by atoms with Crippen molar-refractivity contribution in [1.82, 2.24) is 20.1 Å². The molecule has 6 heteroatoms.